The van der Waals surface area contributed by atoms with Gasteiger partial charge in [-0.15, -0.1) is 0 Å². The molecule has 0 aliphatic heterocycles. The summed E-state index contributed by atoms with van der Waals surface area (Å²) in [4.78, 5) is 4.41. The van der Waals surface area contributed by atoms with E-state index in [1.165, 1.54) is 0 Å². The highest BCUT2D eigenvalue weighted by Crippen LogP contribution is 2.37. The Labute approximate surface area is 90.3 Å². The van der Waals surface area contributed by atoms with Gasteiger partial charge in [-0.2, -0.15) is 0 Å². The van der Waals surface area contributed by atoms with E-state index in [-0.39, 0.29) is 11.5 Å². The Morgan fingerprint density at radius 1 is 1.40 bits per heavy atom. The van der Waals surface area contributed by atoms with Crippen LogP contribution in [-0.2, 0) is 5.41 Å². The molecular formula is C12H18N2O. The zero-order valence-corrected chi connectivity index (χ0v) is 8.89. The largest absolute Gasteiger partial charge is 0.393 e. The molecule has 3 N–H and O–H groups in total. The van der Waals surface area contributed by atoms with Crippen LogP contribution in [0.4, 0.5) is 0 Å². The monoisotopic (exact) mass is 206 g/mol. The zero-order chi connectivity index (χ0) is 10.7. The lowest BCUT2D eigenvalue weighted by molar-refractivity contribution is 0.0962. The fourth-order valence-corrected chi connectivity index (χ4v) is 2.40. The molecule has 0 spiro atoms. The standard InChI is InChI=1S/C12H18N2O/c13-9-12(6-4-10(15)5-7-12)11-3-1-2-8-14-11/h1-3,8,10,15H,4-7,9,13H2. The van der Waals surface area contributed by atoms with Crippen molar-refractivity contribution in [3.05, 3.63) is 30.1 Å². The Morgan fingerprint density at radius 2 is 2.13 bits per heavy atom. The van der Waals surface area contributed by atoms with E-state index in [1.807, 2.05) is 24.4 Å². The minimum absolute atomic E-state index is 0.000486. The van der Waals surface area contributed by atoms with Gasteiger partial charge in [0, 0.05) is 23.9 Å². The first-order chi connectivity index (χ1) is 7.27. The van der Waals surface area contributed by atoms with Crippen molar-refractivity contribution in [2.45, 2.75) is 37.2 Å². The fraction of sp³-hybridized carbons (Fsp3) is 0.583. The van der Waals surface area contributed by atoms with E-state index in [2.05, 4.69) is 4.98 Å². The molecule has 1 fully saturated rings. The number of rotatable bonds is 2. The number of hydrogen-bond donors (Lipinski definition) is 2. The van der Waals surface area contributed by atoms with Gasteiger partial charge >= 0.3 is 0 Å². The van der Waals surface area contributed by atoms with Gasteiger partial charge in [0.15, 0.2) is 0 Å². The Bertz CT molecular complexity index is 305. The van der Waals surface area contributed by atoms with E-state index in [4.69, 9.17) is 5.73 Å². The van der Waals surface area contributed by atoms with E-state index < -0.39 is 0 Å². The summed E-state index contributed by atoms with van der Waals surface area (Å²) in [6.07, 6.45) is 5.25. The first-order valence-electron chi connectivity index (χ1n) is 5.56. The van der Waals surface area contributed by atoms with Crippen molar-refractivity contribution in [1.82, 2.24) is 4.98 Å². The summed E-state index contributed by atoms with van der Waals surface area (Å²) in [7, 11) is 0. The minimum atomic E-state index is -0.145. The van der Waals surface area contributed by atoms with Crippen molar-refractivity contribution in [1.29, 1.82) is 0 Å². The lowest BCUT2D eigenvalue weighted by atomic mass is 9.71. The molecule has 3 heteroatoms. The highest BCUT2D eigenvalue weighted by molar-refractivity contribution is 5.19. The summed E-state index contributed by atoms with van der Waals surface area (Å²) in [6.45, 7) is 0.622. The van der Waals surface area contributed by atoms with Crippen LogP contribution in [0.2, 0.25) is 0 Å². The van der Waals surface area contributed by atoms with Gasteiger partial charge in [0.2, 0.25) is 0 Å². The van der Waals surface area contributed by atoms with E-state index in [9.17, 15) is 5.11 Å². The van der Waals surface area contributed by atoms with Gasteiger partial charge in [-0.1, -0.05) is 6.07 Å². The zero-order valence-electron chi connectivity index (χ0n) is 8.89. The van der Waals surface area contributed by atoms with Crippen LogP contribution >= 0.6 is 0 Å². The molecule has 2 rings (SSSR count). The molecule has 1 aliphatic carbocycles. The summed E-state index contributed by atoms with van der Waals surface area (Å²) < 4.78 is 0. The summed E-state index contributed by atoms with van der Waals surface area (Å²) >= 11 is 0. The van der Waals surface area contributed by atoms with Crippen LogP contribution < -0.4 is 5.73 Å². The number of aromatic nitrogens is 1. The third kappa shape index (κ3) is 2.03. The topological polar surface area (TPSA) is 59.1 Å². The molecule has 0 aromatic carbocycles. The van der Waals surface area contributed by atoms with Crippen LogP contribution in [-0.4, -0.2) is 22.7 Å². The Hall–Kier alpha value is -0.930. The quantitative estimate of drug-likeness (QED) is 0.764. The van der Waals surface area contributed by atoms with Gasteiger partial charge in [-0.05, 0) is 37.8 Å². The number of nitrogens with two attached hydrogens (primary N) is 1. The molecule has 0 saturated heterocycles. The van der Waals surface area contributed by atoms with Crippen LogP contribution in [0.25, 0.3) is 0 Å². The van der Waals surface area contributed by atoms with Gasteiger partial charge in [0.1, 0.15) is 0 Å². The van der Waals surface area contributed by atoms with Crippen LogP contribution in [0.5, 0.6) is 0 Å². The third-order valence-corrected chi connectivity index (χ3v) is 3.51. The van der Waals surface area contributed by atoms with Crippen molar-refractivity contribution < 1.29 is 5.11 Å². The number of aliphatic hydroxyl groups is 1. The first-order valence-corrected chi connectivity index (χ1v) is 5.56. The maximum absolute atomic E-state index is 9.52. The van der Waals surface area contributed by atoms with Gasteiger partial charge in [0.25, 0.3) is 0 Å². The molecular weight excluding hydrogens is 188 g/mol. The second-order valence-corrected chi connectivity index (χ2v) is 4.43. The molecule has 1 aliphatic rings. The highest BCUT2D eigenvalue weighted by atomic mass is 16.3. The molecule has 1 saturated carbocycles. The molecule has 1 aromatic rings. The van der Waals surface area contributed by atoms with E-state index in [0.29, 0.717) is 6.54 Å². The molecule has 0 amide bonds. The Balaban J connectivity index is 2.23. The Kier molecular flexibility index (Phi) is 3.03. The van der Waals surface area contributed by atoms with Crippen LogP contribution in [0.1, 0.15) is 31.4 Å². The average Bonchev–Trinajstić information content (AvgIpc) is 2.32. The van der Waals surface area contributed by atoms with Crippen molar-refractivity contribution in [3.8, 4) is 0 Å². The van der Waals surface area contributed by atoms with E-state index in [1.54, 1.807) is 0 Å². The normalized spacial score (nSPS) is 31.5. The molecule has 0 unspecified atom stereocenters. The summed E-state index contributed by atoms with van der Waals surface area (Å²) in [6, 6.07) is 5.97. The molecule has 0 atom stereocenters. The number of aliphatic hydroxyl groups excluding tert-OH is 1. The number of hydrogen-bond acceptors (Lipinski definition) is 3. The molecule has 3 nitrogen and oxygen atoms in total. The van der Waals surface area contributed by atoms with Crippen molar-refractivity contribution in [3.63, 3.8) is 0 Å². The second-order valence-electron chi connectivity index (χ2n) is 4.43. The van der Waals surface area contributed by atoms with Crippen LogP contribution in [0.15, 0.2) is 24.4 Å². The fourth-order valence-electron chi connectivity index (χ4n) is 2.40. The maximum Gasteiger partial charge on any atom is 0.0541 e. The predicted molar refractivity (Wildman–Crippen MR) is 59.4 cm³/mol. The van der Waals surface area contributed by atoms with Crippen molar-refractivity contribution in [2.24, 2.45) is 5.73 Å². The average molecular weight is 206 g/mol. The molecule has 82 valence electrons. The Morgan fingerprint density at radius 3 is 2.67 bits per heavy atom. The molecule has 1 heterocycles. The summed E-state index contributed by atoms with van der Waals surface area (Å²) in [5, 5.41) is 9.52. The molecule has 1 aromatic heterocycles. The first kappa shape index (κ1) is 10.6. The smallest absolute Gasteiger partial charge is 0.0541 e. The number of pyridine rings is 1. The lowest BCUT2D eigenvalue weighted by Crippen LogP contribution is -2.40. The van der Waals surface area contributed by atoms with Crippen LogP contribution in [0, 0.1) is 0 Å². The summed E-state index contributed by atoms with van der Waals surface area (Å²) in [5.74, 6) is 0. The van der Waals surface area contributed by atoms with E-state index >= 15 is 0 Å². The molecule has 15 heavy (non-hydrogen) atoms. The van der Waals surface area contributed by atoms with Crippen molar-refractivity contribution >= 4 is 0 Å². The van der Waals surface area contributed by atoms with Gasteiger partial charge < -0.3 is 10.8 Å². The molecule has 0 radical (unpaired) electrons. The molecule has 0 bridgehead atoms. The lowest BCUT2D eigenvalue weighted by Gasteiger charge is -2.37. The maximum atomic E-state index is 9.52. The van der Waals surface area contributed by atoms with Crippen molar-refractivity contribution in [2.75, 3.05) is 6.54 Å². The summed E-state index contributed by atoms with van der Waals surface area (Å²) in [5.41, 5.74) is 6.98. The SMILES string of the molecule is NCC1(c2ccccn2)CCC(O)CC1. The van der Waals surface area contributed by atoms with Gasteiger partial charge in [-0.3, -0.25) is 4.98 Å². The van der Waals surface area contributed by atoms with Gasteiger partial charge in [0.05, 0.1) is 6.10 Å². The predicted octanol–water partition coefficient (Wildman–Crippen LogP) is 1.21. The van der Waals surface area contributed by atoms with Gasteiger partial charge in [-0.25, -0.2) is 0 Å². The second kappa shape index (κ2) is 4.29. The third-order valence-electron chi connectivity index (χ3n) is 3.51. The van der Waals surface area contributed by atoms with E-state index in [0.717, 1.165) is 31.4 Å². The number of nitrogens with zero attached hydrogens (tertiary/aromatic N) is 1. The minimum Gasteiger partial charge on any atom is -0.393 e. The highest BCUT2D eigenvalue weighted by Gasteiger charge is 2.36. The van der Waals surface area contributed by atoms with Crippen LogP contribution in [0.3, 0.4) is 0 Å².